The highest BCUT2D eigenvalue weighted by Crippen LogP contribution is 2.23. The molecule has 0 atom stereocenters. The Labute approximate surface area is 77.4 Å². The van der Waals surface area contributed by atoms with Crippen LogP contribution in [0.3, 0.4) is 0 Å². The maximum atomic E-state index is 13.2. The molecule has 1 aromatic heterocycles. The molecule has 0 saturated carbocycles. The lowest BCUT2D eigenvalue weighted by Gasteiger charge is -2.01. The maximum absolute atomic E-state index is 13.2. The quantitative estimate of drug-likeness (QED) is 0.700. The second-order valence-corrected chi connectivity index (χ2v) is 2.69. The number of nitrogens with one attached hydrogen (secondary N) is 1. The summed E-state index contributed by atoms with van der Waals surface area (Å²) >= 11 is 0. The molecule has 0 aliphatic carbocycles. The Balaban J connectivity index is 2.61. The molecule has 0 radical (unpaired) electrons. The molecule has 0 bridgehead atoms. The van der Waals surface area contributed by atoms with Gasteiger partial charge >= 0.3 is 0 Å². The van der Waals surface area contributed by atoms with Crippen molar-refractivity contribution in [3.8, 4) is 11.3 Å². The maximum Gasteiger partial charge on any atom is 0.195 e. The van der Waals surface area contributed by atoms with Crippen molar-refractivity contribution < 1.29 is 13.2 Å². The topological polar surface area (TPSA) is 28.7 Å². The number of hydrogen-bond acceptors (Lipinski definition) is 1. The van der Waals surface area contributed by atoms with Crippen molar-refractivity contribution in [2.24, 2.45) is 0 Å². The van der Waals surface area contributed by atoms with Crippen molar-refractivity contribution in [3.05, 3.63) is 42.1 Å². The monoisotopic (exact) mass is 198 g/mol. The molecule has 1 N–H and O–H groups in total. The summed E-state index contributed by atoms with van der Waals surface area (Å²) in [6.07, 6.45) is 2.66. The molecule has 2 nitrogen and oxygen atoms in total. The highest BCUT2D eigenvalue weighted by Gasteiger charge is 2.14. The fourth-order valence-electron chi connectivity index (χ4n) is 1.14. The van der Waals surface area contributed by atoms with Crippen LogP contribution in [-0.4, -0.2) is 9.97 Å². The minimum atomic E-state index is -1.47. The first kappa shape index (κ1) is 8.80. The molecule has 5 heteroatoms. The molecule has 0 spiro atoms. The second kappa shape index (κ2) is 3.17. The van der Waals surface area contributed by atoms with Gasteiger partial charge in [0.25, 0.3) is 0 Å². The third-order valence-electron chi connectivity index (χ3n) is 1.82. The Morgan fingerprint density at radius 1 is 1.07 bits per heavy atom. The summed E-state index contributed by atoms with van der Waals surface area (Å²) in [6, 6.07) is 2.02. The van der Waals surface area contributed by atoms with E-state index in [1.807, 2.05) is 0 Å². The summed E-state index contributed by atoms with van der Waals surface area (Å²) in [5.74, 6) is -3.89. The summed E-state index contributed by atoms with van der Waals surface area (Å²) in [5, 5.41) is 0. The molecular weight excluding hydrogens is 193 g/mol. The van der Waals surface area contributed by atoms with Crippen molar-refractivity contribution >= 4 is 0 Å². The van der Waals surface area contributed by atoms with E-state index in [-0.39, 0.29) is 5.56 Å². The third-order valence-corrected chi connectivity index (χ3v) is 1.82. The highest BCUT2D eigenvalue weighted by atomic mass is 19.2. The fraction of sp³-hybridized carbons (Fsp3) is 0. The van der Waals surface area contributed by atoms with Gasteiger partial charge in [-0.1, -0.05) is 0 Å². The predicted molar refractivity (Wildman–Crippen MR) is 43.9 cm³/mol. The van der Waals surface area contributed by atoms with Crippen LogP contribution in [-0.2, 0) is 0 Å². The van der Waals surface area contributed by atoms with Gasteiger partial charge in [-0.3, -0.25) is 0 Å². The number of aromatic amines is 1. The second-order valence-electron chi connectivity index (χ2n) is 2.69. The first-order valence-corrected chi connectivity index (χ1v) is 3.82. The van der Waals surface area contributed by atoms with Crippen LogP contribution in [0.2, 0.25) is 0 Å². The smallest absolute Gasteiger partial charge is 0.195 e. The van der Waals surface area contributed by atoms with Crippen molar-refractivity contribution in [1.29, 1.82) is 0 Å². The van der Waals surface area contributed by atoms with Crippen LogP contribution in [0.25, 0.3) is 11.3 Å². The number of imidazole rings is 1. The van der Waals surface area contributed by atoms with Crippen LogP contribution in [0.4, 0.5) is 13.2 Å². The Morgan fingerprint density at radius 3 is 2.50 bits per heavy atom. The highest BCUT2D eigenvalue weighted by molar-refractivity contribution is 5.58. The van der Waals surface area contributed by atoms with Gasteiger partial charge in [0.05, 0.1) is 18.2 Å². The van der Waals surface area contributed by atoms with Crippen molar-refractivity contribution in [2.75, 3.05) is 0 Å². The van der Waals surface area contributed by atoms with E-state index >= 15 is 0 Å². The fourth-order valence-corrected chi connectivity index (χ4v) is 1.14. The zero-order valence-electron chi connectivity index (χ0n) is 6.89. The Hall–Kier alpha value is -1.78. The zero-order chi connectivity index (χ0) is 10.1. The predicted octanol–water partition coefficient (Wildman–Crippen LogP) is 2.49. The van der Waals surface area contributed by atoms with E-state index < -0.39 is 17.5 Å². The van der Waals surface area contributed by atoms with Crippen molar-refractivity contribution in [1.82, 2.24) is 9.97 Å². The number of halogens is 3. The molecule has 2 aromatic rings. The van der Waals surface area contributed by atoms with E-state index in [1.165, 1.54) is 12.5 Å². The van der Waals surface area contributed by atoms with Crippen LogP contribution >= 0.6 is 0 Å². The van der Waals surface area contributed by atoms with Gasteiger partial charge in [-0.2, -0.15) is 0 Å². The first-order valence-electron chi connectivity index (χ1n) is 3.82. The molecule has 0 aliphatic heterocycles. The number of hydrogen-bond donors (Lipinski definition) is 1. The first-order chi connectivity index (χ1) is 6.70. The van der Waals surface area contributed by atoms with Gasteiger partial charge in [-0.25, -0.2) is 18.2 Å². The molecule has 2 rings (SSSR count). The number of benzene rings is 1. The molecule has 1 heterocycles. The molecule has 0 saturated heterocycles. The Kier molecular flexibility index (Phi) is 1.99. The van der Waals surface area contributed by atoms with Gasteiger partial charge in [0.2, 0.25) is 0 Å². The van der Waals surface area contributed by atoms with E-state index in [1.54, 1.807) is 0 Å². The lowest BCUT2D eigenvalue weighted by atomic mass is 10.1. The summed E-state index contributed by atoms with van der Waals surface area (Å²) in [4.78, 5) is 6.25. The van der Waals surface area contributed by atoms with Crippen molar-refractivity contribution in [3.63, 3.8) is 0 Å². The molecule has 0 aliphatic rings. The van der Waals surface area contributed by atoms with Gasteiger partial charge in [-0.15, -0.1) is 0 Å². The van der Waals surface area contributed by atoms with Crippen LogP contribution in [0.1, 0.15) is 0 Å². The number of nitrogens with zero attached hydrogens (tertiary/aromatic N) is 1. The van der Waals surface area contributed by atoms with Gasteiger partial charge in [-0.05, 0) is 12.1 Å². The molecule has 72 valence electrons. The Bertz CT molecular complexity index is 451. The van der Waals surface area contributed by atoms with Gasteiger partial charge in [0.15, 0.2) is 17.5 Å². The lowest BCUT2D eigenvalue weighted by molar-refractivity contribution is 0.449. The van der Waals surface area contributed by atoms with E-state index in [2.05, 4.69) is 9.97 Å². The summed E-state index contributed by atoms with van der Waals surface area (Å²) in [5.41, 5.74) is 0.266. The Morgan fingerprint density at radius 2 is 1.86 bits per heavy atom. The average molecular weight is 198 g/mol. The van der Waals surface area contributed by atoms with E-state index in [9.17, 15) is 13.2 Å². The van der Waals surface area contributed by atoms with Gasteiger partial charge < -0.3 is 4.98 Å². The van der Waals surface area contributed by atoms with E-state index in [0.29, 0.717) is 5.69 Å². The molecule has 0 fully saturated rings. The third kappa shape index (κ3) is 1.26. The van der Waals surface area contributed by atoms with Crippen LogP contribution in [0, 0.1) is 17.5 Å². The number of aromatic nitrogens is 2. The zero-order valence-corrected chi connectivity index (χ0v) is 6.89. The number of H-pyrrole nitrogens is 1. The van der Waals surface area contributed by atoms with Crippen LogP contribution < -0.4 is 0 Å². The lowest BCUT2D eigenvalue weighted by Crippen LogP contribution is -1.93. The van der Waals surface area contributed by atoms with E-state index in [0.717, 1.165) is 12.1 Å². The van der Waals surface area contributed by atoms with Crippen LogP contribution in [0.5, 0.6) is 0 Å². The summed E-state index contributed by atoms with van der Waals surface area (Å²) in [6.45, 7) is 0. The standard InChI is InChI=1S/C9H5F3N2/c10-6-2-1-5(8(11)9(6)12)7-3-13-4-14-7/h1-4H,(H,13,14). The number of rotatable bonds is 1. The largest absolute Gasteiger partial charge is 0.345 e. The molecule has 1 aromatic carbocycles. The summed E-state index contributed by atoms with van der Waals surface area (Å²) in [7, 11) is 0. The molecule has 14 heavy (non-hydrogen) atoms. The molecule has 0 amide bonds. The van der Waals surface area contributed by atoms with Gasteiger partial charge in [0.1, 0.15) is 0 Å². The normalized spacial score (nSPS) is 10.5. The SMILES string of the molecule is Fc1ccc(-c2cnc[nH]2)c(F)c1F. The van der Waals surface area contributed by atoms with E-state index in [4.69, 9.17) is 0 Å². The molecular formula is C9H5F3N2. The minimum absolute atomic E-state index is 0.0404. The molecule has 0 unspecified atom stereocenters. The van der Waals surface area contributed by atoms with Crippen LogP contribution in [0.15, 0.2) is 24.7 Å². The minimum Gasteiger partial charge on any atom is -0.345 e. The summed E-state index contributed by atoms with van der Waals surface area (Å²) < 4.78 is 38.5. The average Bonchev–Trinajstić information content (AvgIpc) is 2.67. The van der Waals surface area contributed by atoms with Gasteiger partial charge in [0, 0.05) is 5.56 Å². The van der Waals surface area contributed by atoms with Crippen molar-refractivity contribution in [2.45, 2.75) is 0 Å².